The summed E-state index contributed by atoms with van der Waals surface area (Å²) in [5.74, 6) is 3.87. The quantitative estimate of drug-likeness (QED) is 0.528. The van der Waals surface area contributed by atoms with Crippen LogP contribution in [0.15, 0.2) is 36.5 Å². The Kier molecular flexibility index (Phi) is 5.87. The minimum atomic E-state index is 0.518. The van der Waals surface area contributed by atoms with E-state index in [1.807, 2.05) is 42.1 Å². The highest BCUT2D eigenvalue weighted by Crippen LogP contribution is 2.44. The van der Waals surface area contributed by atoms with Gasteiger partial charge in [-0.25, -0.2) is 4.68 Å². The number of aromatic nitrogens is 5. The molecule has 2 aliphatic rings. The van der Waals surface area contributed by atoms with Crippen molar-refractivity contribution in [3.63, 3.8) is 0 Å². The van der Waals surface area contributed by atoms with Crippen LogP contribution in [0.2, 0.25) is 5.02 Å². The smallest absolute Gasteiger partial charge is 0.320 e. The van der Waals surface area contributed by atoms with Gasteiger partial charge in [-0.15, -0.1) is 5.10 Å². The summed E-state index contributed by atoms with van der Waals surface area (Å²) in [5.41, 5.74) is 1.08. The van der Waals surface area contributed by atoms with Crippen LogP contribution >= 0.6 is 11.6 Å². The zero-order valence-corrected chi connectivity index (χ0v) is 19.1. The van der Waals surface area contributed by atoms with Crippen LogP contribution in [-0.2, 0) is 13.0 Å². The lowest BCUT2D eigenvalue weighted by Gasteiger charge is -2.38. The summed E-state index contributed by atoms with van der Waals surface area (Å²) in [7, 11) is 1.62. The largest absolute Gasteiger partial charge is 0.480 e. The Morgan fingerprint density at radius 2 is 1.97 bits per heavy atom. The number of methoxy groups -OCH3 is 1. The Morgan fingerprint density at radius 3 is 2.69 bits per heavy atom. The number of benzene rings is 1. The van der Waals surface area contributed by atoms with Gasteiger partial charge in [-0.2, -0.15) is 15.2 Å². The Bertz CT molecular complexity index is 1080. The summed E-state index contributed by atoms with van der Waals surface area (Å²) in [5, 5.41) is 13.5. The van der Waals surface area contributed by atoms with Gasteiger partial charge in [0.05, 0.1) is 19.0 Å². The fourth-order valence-electron chi connectivity index (χ4n) is 5.08. The molecule has 2 fully saturated rings. The third-order valence-electron chi connectivity index (χ3n) is 6.63. The molecule has 2 bridgehead atoms. The number of hydrogen-bond donors (Lipinski definition) is 0. The SMILES string of the molecule is CCn1nc(CC2C3CCC2CN(c2cnnc(OC)c2)C3)nc1Oc1cccc(Cl)c1. The second-order valence-corrected chi connectivity index (χ2v) is 8.95. The van der Waals surface area contributed by atoms with Crippen LogP contribution < -0.4 is 14.4 Å². The molecule has 168 valence electrons. The van der Waals surface area contributed by atoms with Gasteiger partial charge in [-0.1, -0.05) is 17.7 Å². The van der Waals surface area contributed by atoms with Gasteiger partial charge in [0.25, 0.3) is 0 Å². The minimum Gasteiger partial charge on any atom is -0.480 e. The molecular weight excluding hydrogens is 428 g/mol. The van der Waals surface area contributed by atoms with Gasteiger partial charge in [0.1, 0.15) is 5.75 Å². The average molecular weight is 455 g/mol. The molecule has 2 atom stereocenters. The van der Waals surface area contributed by atoms with E-state index in [9.17, 15) is 0 Å². The molecule has 0 amide bonds. The van der Waals surface area contributed by atoms with E-state index in [2.05, 4.69) is 15.1 Å². The maximum atomic E-state index is 6.09. The highest BCUT2D eigenvalue weighted by molar-refractivity contribution is 6.30. The zero-order valence-electron chi connectivity index (χ0n) is 18.3. The number of halogens is 1. The molecule has 9 heteroatoms. The van der Waals surface area contributed by atoms with Crippen molar-refractivity contribution in [2.75, 3.05) is 25.1 Å². The van der Waals surface area contributed by atoms with Gasteiger partial charge in [0, 0.05) is 37.1 Å². The van der Waals surface area contributed by atoms with E-state index >= 15 is 0 Å². The second kappa shape index (κ2) is 8.94. The van der Waals surface area contributed by atoms with Crippen molar-refractivity contribution in [3.05, 3.63) is 47.4 Å². The van der Waals surface area contributed by atoms with Gasteiger partial charge in [0.2, 0.25) is 5.88 Å². The minimum absolute atomic E-state index is 0.518. The predicted molar refractivity (Wildman–Crippen MR) is 121 cm³/mol. The monoisotopic (exact) mass is 454 g/mol. The standard InChI is InChI=1S/C23H27ClN6O2/c1-3-30-23(32-19-6-4-5-17(24)9-19)26-21(28-30)11-20-15-7-8-16(20)14-29(13-15)18-10-22(31-2)27-25-12-18/h4-6,9-10,12,15-16,20H,3,7-8,11,13-14H2,1-2H3. The van der Waals surface area contributed by atoms with Crippen molar-refractivity contribution in [2.24, 2.45) is 17.8 Å². The number of piperidine rings is 1. The van der Waals surface area contributed by atoms with Crippen molar-refractivity contribution in [1.82, 2.24) is 25.0 Å². The molecule has 0 N–H and O–H groups in total. The summed E-state index contributed by atoms with van der Waals surface area (Å²) in [6.07, 6.45) is 5.18. The van der Waals surface area contributed by atoms with Crippen LogP contribution in [0.1, 0.15) is 25.6 Å². The first-order chi connectivity index (χ1) is 15.6. The molecule has 3 aromatic rings. The molecule has 2 aromatic heterocycles. The summed E-state index contributed by atoms with van der Waals surface area (Å²) < 4.78 is 13.1. The lowest BCUT2D eigenvalue weighted by molar-refractivity contribution is 0.265. The average Bonchev–Trinajstić information content (AvgIpc) is 3.28. The molecule has 2 unspecified atom stereocenters. The molecule has 1 aromatic carbocycles. The van der Waals surface area contributed by atoms with Gasteiger partial charge in [-0.05, 0) is 55.7 Å². The number of fused-ring (bicyclic) bond motifs is 2. The Morgan fingerprint density at radius 1 is 1.16 bits per heavy atom. The Labute approximate surface area is 192 Å². The lowest BCUT2D eigenvalue weighted by atomic mass is 9.82. The summed E-state index contributed by atoms with van der Waals surface area (Å²) in [6, 6.07) is 9.84. The van der Waals surface area contributed by atoms with Gasteiger partial charge < -0.3 is 14.4 Å². The van der Waals surface area contributed by atoms with Crippen molar-refractivity contribution >= 4 is 17.3 Å². The predicted octanol–water partition coefficient (Wildman–Crippen LogP) is 4.25. The van der Waals surface area contributed by atoms with E-state index in [4.69, 9.17) is 31.2 Å². The van der Waals surface area contributed by atoms with Gasteiger partial charge in [-0.3, -0.25) is 0 Å². The number of rotatable bonds is 7. The first-order valence-electron chi connectivity index (χ1n) is 11.1. The van der Waals surface area contributed by atoms with Crippen molar-refractivity contribution < 1.29 is 9.47 Å². The van der Waals surface area contributed by atoms with Crippen LogP contribution in [-0.4, -0.2) is 45.2 Å². The van der Waals surface area contributed by atoms with Crippen LogP contribution in [0.3, 0.4) is 0 Å². The fraction of sp³-hybridized carbons (Fsp3) is 0.478. The van der Waals surface area contributed by atoms with Crippen LogP contribution in [0.5, 0.6) is 17.6 Å². The first kappa shape index (κ1) is 21.0. The number of nitrogens with zero attached hydrogens (tertiary/aromatic N) is 6. The van der Waals surface area contributed by atoms with E-state index in [0.717, 1.165) is 31.0 Å². The molecule has 1 saturated heterocycles. The maximum Gasteiger partial charge on any atom is 0.320 e. The molecule has 0 spiro atoms. The molecule has 1 aliphatic heterocycles. The molecule has 5 rings (SSSR count). The normalized spacial score (nSPS) is 22.2. The Balaban J connectivity index is 1.29. The molecule has 32 heavy (non-hydrogen) atoms. The summed E-state index contributed by atoms with van der Waals surface area (Å²) in [4.78, 5) is 7.15. The third-order valence-corrected chi connectivity index (χ3v) is 6.86. The van der Waals surface area contributed by atoms with Crippen molar-refractivity contribution in [1.29, 1.82) is 0 Å². The highest BCUT2D eigenvalue weighted by atomic mass is 35.5. The Hall–Kier alpha value is -2.87. The van der Waals surface area contributed by atoms with E-state index in [1.54, 1.807) is 13.2 Å². The van der Waals surface area contributed by atoms with Crippen molar-refractivity contribution in [2.45, 2.75) is 32.7 Å². The molecule has 8 nitrogen and oxygen atoms in total. The summed E-state index contributed by atoms with van der Waals surface area (Å²) in [6.45, 7) is 4.76. The van der Waals surface area contributed by atoms with E-state index in [1.165, 1.54) is 12.8 Å². The number of ether oxygens (including phenoxy) is 2. The number of aryl methyl sites for hydroxylation is 1. The molecule has 1 saturated carbocycles. The van der Waals surface area contributed by atoms with Crippen LogP contribution in [0, 0.1) is 17.8 Å². The van der Waals surface area contributed by atoms with E-state index in [-0.39, 0.29) is 0 Å². The zero-order chi connectivity index (χ0) is 22.1. The van der Waals surface area contributed by atoms with Gasteiger partial charge >= 0.3 is 6.01 Å². The van der Waals surface area contributed by atoms with Crippen LogP contribution in [0.4, 0.5) is 5.69 Å². The maximum absolute atomic E-state index is 6.09. The fourth-order valence-corrected chi connectivity index (χ4v) is 5.26. The van der Waals surface area contributed by atoms with E-state index in [0.29, 0.717) is 47.0 Å². The van der Waals surface area contributed by atoms with Crippen LogP contribution in [0.25, 0.3) is 0 Å². The molecular formula is C23H27ClN6O2. The third kappa shape index (κ3) is 4.24. The number of anilines is 1. The molecule has 3 heterocycles. The van der Waals surface area contributed by atoms with E-state index < -0.39 is 0 Å². The summed E-state index contributed by atoms with van der Waals surface area (Å²) >= 11 is 6.09. The van der Waals surface area contributed by atoms with Crippen molar-refractivity contribution in [3.8, 4) is 17.6 Å². The molecule has 0 radical (unpaired) electrons. The number of hydrogen-bond acceptors (Lipinski definition) is 7. The lowest BCUT2D eigenvalue weighted by Crippen LogP contribution is -2.42. The molecule has 1 aliphatic carbocycles. The highest BCUT2D eigenvalue weighted by Gasteiger charge is 2.42. The topological polar surface area (TPSA) is 78.2 Å². The first-order valence-corrected chi connectivity index (χ1v) is 11.5. The second-order valence-electron chi connectivity index (χ2n) is 8.51. The van der Waals surface area contributed by atoms with Gasteiger partial charge in [0.15, 0.2) is 5.82 Å².